The number of pyridine rings is 2. The van der Waals surface area contributed by atoms with Gasteiger partial charge in [-0.25, -0.2) is 14.4 Å². The van der Waals surface area contributed by atoms with Crippen molar-refractivity contribution in [3.05, 3.63) is 53.7 Å². The van der Waals surface area contributed by atoms with E-state index >= 15 is 4.39 Å². The smallest absolute Gasteiger partial charge is 0.235 e. The number of carbonyl (C=O) groups excluding carboxylic acids is 1. The van der Waals surface area contributed by atoms with Crippen LogP contribution in [-0.2, 0) is 11.3 Å². The Morgan fingerprint density at radius 1 is 1.24 bits per heavy atom. The number of anilines is 1. The van der Waals surface area contributed by atoms with Gasteiger partial charge in [-0.05, 0) is 31.2 Å². The summed E-state index contributed by atoms with van der Waals surface area (Å²) in [5, 5.41) is 17.9. The first-order valence-corrected chi connectivity index (χ1v) is 12.6. The van der Waals surface area contributed by atoms with Crippen molar-refractivity contribution in [2.75, 3.05) is 37.8 Å². The average molecular weight is 571 g/mol. The van der Waals surface area contributed by atoms with E-state index in [-0.39, 0.29) is 43.3 Å². The fourth-order valence-electron chi connectivity index (χ4n) is 4.58. The Hall–Kier alpha value is -2.21. The van der Waals surface area contributed by atoms with Gasteiger partial charge in [-0.2, -0.15) is 0 Å². The van der Waals surface area contributed by atoms with Crippen LogP contribution >= 0.6 is 36.6 Å². The lowest BCUT2D eigenvalue weighted by molar-refractivity contribution is -0.113. The number of fused-ring (bicyclic) bond motifs is 2. The summed E-state index contributed by atoms with van der Waals surface area (Å²) in [5.41, 5.74) is 2.16. The number of rotatable bonds is 7. The fourth-order valence-corrected chi connectivity index (χ4v) is 5.34. The second kappa shape index (κ2) is 13.0. The highest BCUT2D eigenvalue weighted by atomic mass is 35.5. The predicted octanol–water partition coefficient (Wildman–Crippen LogP) is 3.76. The quantitative estimate of drug-likeness (QED) is 0.395. The monoisotopic (exact) mass is 569 g/mol. The number of alkyl halides is 1. The number of nitrogens with one attached hydrogen (secondary N) is 2. The number of thioether (sulfide) groups is 1. The summed E-state index contributed by atoms with van der Waals surface area (Å²) in [6, 6.07) is 12.9. The molecule has 3 N–H and O–H groups in total. The summed E-state index contributed by atoms with van der Waals surface area (Å²) >= 11 is 1.47. The molecule has 200 valence electrons. The second-order valence-corrected chi connectivity index (χ2v) is 9.84. The van der Waals surface area contributed by atoms with Crippen LogP contribution in [0.15, 0.2) is 47.4 Å². The highest BCUT2D eigenvalue weighted by molar-refractivity contribution is 8.00. The molecule has 12 heteroatoms. The van der Waals surface area contributed by atoms with E-state index in [0.29, 0.717) is 54.6 Å². The molecule has 0 spiro atoms. The van der Waals surface area contributed by atoms with Crippen molar-refractivity contribution in [1.29, 1.82) is 0 Å². The number of likely N-dealkylation sites (tertiary alicyclic amines) is 1. The van der Waals surface area contributed by atoms with Crippen LogP contribution in [-0.4, -0.2) is 70.6 Å². The van der Waals surface area contributed by atoms with Crippen LogP contribution in [0.5, 0.6) is 5.88 Å². The van der Waals surface area contributed by atoms with Crippen molar-refractivity contribution < 1.29 is 19.0 Å². The molecule has 1 amide bonds. The lowest BCUT2D eigenvalue weighted by Crippen LogP contribution is -2.51. The van der Waals surface area contributed by atoms with Crippen LogP contribution < -0.4 is 15.4 Å². The maximum atomic E-state index is 15.0. The molecule has 2 aliphatic rings. The lowest BCUT2D eigenvalue weighted by Gasteiger charge is -2.36. The Morgan fingerprint density at radius 2 is 2.08 bits per heavy atom. The molecule has 5 rings (SSSR count). The van der Waals surface area contributed by atoms with Gasteiger partial charge in [0.1, 0.15) is 12.0 Å². The number of ether oxygens (including phenoxy) is 1. The molecule has 3 atom stereocenters. The van der Waals surface area contributed by atoms with E-state index in [4.69, 9.17) is 4.74 Å². The van der Waals surface area contributed by atoms with Crippen molar-refractivity contribution >= 4 is 59.2 Å². The van der Waals surface area contributed by atoms with Gasteiger partial charge in [0.15, 0.2) is 0 Å². The molecule has 1 saturated heterocycles. The van der Waals surface area contributed by atoms with Crippen LogP contribution in [0.4, 0.5) is 10.2 Å². The highest BCUT2D eigenvalue weighted by Gasteiger charge is 2.30. The van der Waals surface area contributed by atoms with Crippen molar-refractivity contribution in [2.45, 2.75) is 36.2 Å². The number of methoxy groups -OCH3 is 1. The number of para-hydroxylation sites is 1. The molecule has 1 aromatic carbocycles. The van der Waals surface area contributed by atoms with Crippen LogP contribution in [0, 0.1) is 0 Å². The fraction of sp³-hybridized carbons (Fsp3) is 0.400. The third kappa shape index (κ3) is 6.81. The summed E-state index contributed by atoms with van der Waals surface area (Å²) in [4.78, 5) is 23.5. The number of aromatic nitrogens is 2. The summed E-state index contributed by atoms with van der Waals surface area (Å²) in [6.45, 7) is 1.65. The Bertz CT molecular complexity index is 1240. The minimum atomic E-state index is -1.07. The minimum Gasteiger partial charge on any atom is -0.481 e. The van der Waals surface area contributed by atoms with E-state index in [1.54, 1.807) is 13.2 Å². The topological polar surface area (TPSA) is 99.6 Å². The summed E-state index contributed by atoms with van der Waals surface area (Å²) < 4.78 is 20.3. The Morgan fingerprint density at radius 3 is 2.86 bits per heavy atom. The third-order valence-corrected chi connectivity index (χ3v) is 7.48. The molecule has 1 fully saturated rings. The van der Waals surface area contributed by atoms with Crippen LogP contribution in [0.2, 0.25) is 0 Å². The normalized spacial score (nSPS) is 20.2. The van der Waals surface area contributed by atoms with Gasteiger partial charge in [0.25, 0.3) is 0 Å². The van der Waals surface area contributed by atoms with Crippen molar-refractivity contribution in [3.8, 4) is 5.88 Å². The van der Waals surface area contributed by atoms with E-state index in [2.05, 4.69) is 20.6 Å². The van der Waals surface area contributed by atoms with E-state index in [0.717, 1.165) is 16.0 Å². The zero-order valence-electron chi connectivity index (χ0n) is 20.2. The number of hydrogen-bond donors (Lipinski definition) is 3. The molecular weight excluding hydrogens is 540 g/mol. The molecule has 8 nitrogen and oxygen atoms in total. The maximum absolute atomic E-state index is 15.0. The predicted molar refractivity (Wildman–Crippen MR) is 148 cm³/mol. The van der Waals surface area contributed by atoms with Gasteiger partial charge >= 0.3 is 0 Å². The van der Waals surface area contributed by atoms with Crippen LogP contribution in [0.3, 0.4) is 0 Å². The molecule has 0 aliphatic carbocycles. The Kier molecular flexibility index (Phi) is 10.3. The zero-order valence-corrected chi connectivity index (χ0v) is 22.7. The first kappa shape index (κ1) is 29.3. The van der Waals surface area contributed by atoms with Gasteiger partial charge in [-0.15, -0.1) is 36.6 Å². The van der Waals surface area contributed by atoms with Crippen LogP contribution in [0.1, 0.15) is 23.8 Å². The molecule has 0 bridgehead atoms. The van der Waals surface area contributed by atoms with E-state index in [1.807, 2.05) is 41.3 Å². The van der Waals surface area contributed by atoms with Crippen molar-refractivity contribution in [3.63, 3.8) is 0 Å². The molecule has 0 radical (unpaired) electrons. The lowest BCUT2D eigenvalue weighted by atomic mass is 10.0. The molecule has 0 unspecified atom stereocenters. The number of piperidine rings is 1. The molecular formula is C25H30Cl2FN5O3S. The molecule has 2 aliphatic heterocycles. The number of carbonyl (C=O) groups is 1. The van der Waals surface area contributed by atoms with E-state index in [9.17, 15) is 9.90 Å². The number of aliphatic hydroxyl groups is 1. The van der Waals surface area contributed by atoms with Crippen molar-refractivity contribution in [1.82, 2.24) is 20.2 Å². The third-order valence-electron chi connectivity index (χ3n) is 6.43. The number of β-amino-alcohol motifs (C(OH)–C–C–N with tert-alkyl or cyclic N) is 1. The second-order valence-electron chi connectivity index (χ2n) is 8.83. The van der Waals surface area contributed by atoms with E-state index in [1.165, 1.54) is 11.8 Å². The number of benzene rings is 1. The van der Waals surface area contributed by atoms with Crippen molar-refractivity contribution in [2.24, 2.45) is 0 Å². The summed E-state index contributed by atoms with van der Waals surface area (Å²) in [7, 11) is 1.56. The van der Waals surface area contributed by atoms with Gasteiger partial charge in [0, 0.05) is 42.7 Å². The average Bonchev–Trinajstić information content (AvgIpc) is 2.87. The van der Waals surface area contributed by atoms with Gasteiger partial charge in [0.2, 0.25) is 11.8 Å². The number of hydrogen-bond acceptors (Lipinski definition) is 8. The highest BCUT2D eigenvalue weighted by Crippen LogP contribution is 2.30. The first-order chi connectivity index (χ1) is 17.0. The number of halogens is 3. The van der Waals surface area contributed by atoms with Gasteiger partial charge in [0.05, 0.1) is 35.1 Å². The summed E-state index contributed by atoms with van der Waals surface area (Å²) in [6.07, 6.45) is -1.25. The van der Waals surface area contributed by atoms with E-state index < -0.39 is 12.3 Å². The van der Waals surface area contributed by atoms with Gasteiger partial charge in [-0.3, -0.25) is 9.69 Å². The molecule has 3 aromatic rings. The molecule has 0 saturated carbocycles. The minimum absolute atomic E-state index is 0. The summed E-state index contributed by atoms with van der Waals surface area (Å²) in [5.74, 6) is 1.40. The molecule has 2 aromatic heterocycles. The zero-order chi connectivity index (χ0) is 24.4. The van der Waals surface area contributed by atoms with Gasteiger partial charge in [-0.1, -0.05) is 18.2 Å². The largest absolute Gasteiger partial charge is 0.481 e. The molecule has 4 heterocycles. The standard InChI is InChI=1S/C25H28FN5O3S.2ClH/c1-34-23-8-5-15-3-2-4-17(24(15)30-23)20(32)13-31-10-9-19(18(26)12-31)27-11-16-6-7-21-25(28-16)29-22(33)14-35-21;;/h2-8,18-20,27,32H,9-14H2,1H3,(H,28,29,33);2*1H/t18-,19+,20+;;/m1../s1. The number of nitrogens with zero attached hydrogens (tertiary/aromatic N) is 3. The first-order valence-electron chi connectivity index (χ1n) is 11.6. The maximum Gasteiger partial charge on any atom is 0.235 e. The van der Waals surface area contributed by atoms with Gasteiger partial charge < -0.3 is 20.5 Å². The Balaban J connectivity index is 0.00000190. The number of aliphatic hydroxyl groups excluding tert-OH is 1. The SMILES string of the molecule is COc1ccc2cccc([C@@H](O)CN3CC[C@H](NCc4ccc5c(n4)NC(=O)CS5)[C@H](F)C3)c2n1.Cl.Cl. The number of amides is 1. The molecule has 37 heavy (non-hydrogen) atoms. The van der Waals surface area contributed by atoms with Crippen LogP contribution in [0.25, 0.3) is 10.9 Å². The Labute approximate surface area is 231 Å².